The molecule has 5 heteroatoms. The zero-order chi connectivity index (χ0) is 13.3. The van der Waals surface area contributed by atoms with E-state index in [9.17, 15) is 14.0 Å². The Morgan fingerprint density at radius 2 is 2.06 bits per heavy atom. The number of carbonyl (C=O) groups excluding carboxylic acids is 2. The number of hydrogen-bond donors (Lipinski definition) is 0. The number of ether oxygens (including phenoxy) is 2. The number of Topliss-reactive ketones (excluding diaryl/α,β-unsaturated/α-hetero) is 1. The van der Waals surface area contributed by atoms with Crippen LogP contribution in [0.4, 0.5) is 4.39 Å². The van der Waals surface area contributed by atoms with Crippen molar-refractivity contribution in [2.75, 3.05) is 20.3 Å². The van der Waals surface area contributed by atoms with Crippen LogP contribution in [0.1, 0.15) is 15.9 Å². The first kappa shape index (κ1) is 12.7. The lowest BCUT2D eigenvalue weighted by atomic mass is 9.78. The van der Waals surface area contributed by atoms with Crippen molar-refractivity contribution in [3.05, 3.63) is 35.1 Å². The molecule has 0 atom stereocenters. The molecule has 0 radical (unpaired) electrons. The first-order valence-corrected chi connectivity index (χ1v) is 5.48. The van der Waals surface area contributed by atoms with Crippen molar-refractivity contribution >= 4 is 11.8 Å². The number of carbonyl (C=O) groups is 2. The van der Waals surface area contributed by atoms with Gasteiger partial charge in [0.15, 0.2) is 11.2 Å². The highest BCUT2D eigenvalue weighted by molar-refractivity contribution is 6.13. The smallest absolute Gasteiger partial charge is 0.324 e. The highest BCUT2D eigenvalue weighted by atomic mass is 19.1. The Morgan fingerprint density at radius 3 is 2.50 bits per heavy atom. The van der Waals surface area contributed by atoms with Gasteiger partial charge >= 0.3 is 5.97 Å². The molecule has 1 aliphatic heterocycles. The number of ketones is 1. The summed E-state index contributed by atoms with van der Waals surface area (Å²) in [6, 6.07) is 4.02. The highest BCUT2D eigenvalue weighted by Gasteiger charge is 2.53. The molecule has 0 aliphatic carbocycles. The van der Waals surface area contributed by atoms with Gasteiger partial charge in [-0.3, -0.25) is 9.59 Å². The second-order valence-corrected chi connectivity index (χ2v) is 4.36. The summed E-state index contributed by atoms with van der Waals surface area (Å²) in [6.45, 7) is 1.58. The Morgan fingerprint density at radius 1 is 1.39 bits per heavy atom. The number of hydrogen-bond acceptors (Lipinski definition) is 4. The molecule has 1 aromatic carbocycles. The molecule has 4 nitrogen and oxygen atoms in total. The molecule has 18 heavy (non-hydrogen) atoms. The van der Waals surface area contributed by atoms with Crippen LogP contribution in [0.25, 0.3) is 0 Å². The van der Waals surface area contributed by atoms with Crippen molar-refractivity contribution in [2.24, 2.45) is 5.41 Å². The number of methoxy groups -OCH3 is 1. The zero-order valence-corrected chi connectivity index (χ0v) is 10.2. The molecular formula is C13H13FO4. The fourth-order valence-corrected chi connectivity index (χ4v) is 1.91. The third-order valence-corrected chi connectivity index (χ3v) is 3.13. The highest BCUT2D eigenvalue weighted by Crippen LogP contribution is 2.33. The van der Waals surface area contributed by atoms with Crippen LogP contribution in [0.2, 0.25) is 0 Å². The summed E-state index contributed by atoms with van der Waals surface area (Å²) in [6.07, 6.45) is 0. The Kier molecular flexibility index (Phi) is 3.17. The second-order valence-electron chi connectivity index (χ2n) is 4.36. The minimum atomic E-state index is -1.26. The predicted molar refractivity (Wildman–Crippen MR) is 60.7 cm³/mol. The molecule has 0 spiro atoms. The molecule has 0 aromatic heterocycles. The molecule has 1 saturated heterocycles. The molecule has 1 fully saturated rings. The van der Waals surface area contributed by atoms with E-state index in [2.05, 4.69) is 4.74 Å². The summed E-state index contributed by atoms with van der Waals surface area (Å²) in [4.78, 5) is 24.0. The van der Waals surface area contributed by atoms with Crippen molar-refractivity contribution in [3.63, 3.8) is 0 Å². The van der Waals surface area contributed by atoms with E-state index in [4.69, 9.17) is 4.74 Å². The fraction of sp³-hybridized carbons (Fsp3) is 0.385. The van der Waals surface area contributed by atoms with E-state index in [0.717, 1.165) is 0 Å². The van der Waals surface area contributed by atoms with Crippen LogP contribution < -0.4 is 0 Å². The molecule has 1 aliphatic rings. The maximum atomic E-state index is 13.2. The first-order chi connectivity index (χ1) is 8.51. The SMILES string of the molecule is COC(=O)C1(C(=O)c2ccc(F)c(C)c2)COC1. The van der Waals surface area contributed by atoms with Crippen LogP contribution in [0.5, 0.6) is 0 Å². The zero-order valence-electron chi connectivity index (χ0n) is 10.2. The molecule has 1 heterocycles. The van der Waals surface area contributed by atoms with Gasteiger partial charge in [-0.15, -0.1) is 0 Å². The summed E-state index contributed by atoms with van der Waals surface area (Å²) in [5.74, 6) is -1.38. The Hall–Kier alpha value is -1.75. The van der Waals surface area contributed by atoms with Crippen LogP contribution in [-0.4, -0.2) is 32.1 Å². The van der Waals surface area contributed by atoms with Crippen molar-refractivity contribution in [1.82, 2.24) is 0 Å². The van der Waals surface area contributed by atoms with Crippen molar-refractivity contribution < 1.29 is 23.5 Å². The topological polar surface area (TPSA) is 52.6 Å². The summed E-state index contributed by atoms with van der Waals surface area (Å²) in [5, 5.41) is 0. The summed E-state index contributed by atoms with van der Waals surface area (Å²) < 4.78 is 22.8. The summed E-state index contributed by atoms with van der Waals surface area (Å²) >= 11 is 0. The molecule has 1 aromatic rings. The van der Waals surface area contributed by atoms with Gasteiger partial charge in [0.2, 0.25) is 0 Å². The fourth-order valence-electron chi connectivity index (χ4n) is 1.91. The molecule has 2 rings (SSSR count). The molecule has 0 unspecified atom stereocenters. The van der Waals surface area contributed by atoms with Gasteiger partial charge in [0.25, 0.3) is 0 Å². The number of halogens is 1. The first-order valence-electron chi connectivity index (χ1n) is 5.48. The van der Waals surface area contributed by atoms with Gasteiger partial charge in [0.1, 0.15) is 5.82 Å². The van der Waals surface area contributed by atoms with Crippen molar-refractivity contribution in [1.29, 1.82) is 0 Å². The van der Waals surface area contributed by atoms with E-state index in [1.807, 2.05) is 0 Å². The third-order valence-electron chi connectivity index (χ3n) is 3.13. The third kappa shape index (κ3) is 1.80. The minimum absolute atomic E-state index is 0.00886. The standard InChI is InChI=1S/C13H13FO4/c1-8-5-9(3-4-10(8)14)11(15)13(6-18-7-13)12(16)17-2/h3-5H,6-7H2,1-2H3. The quantitative estimate of drug-likeness (QED) is 0.465. The number of aryl methyl sites for hydroxylation is 1. The van der Waals surface area contributed by atoms with Gasteiger partial charge in [0.05, 0.1) is 20.3 Å². The average Bonchev–Trinajstić information content (AvgIpc) is 2.30. The van der Waals surface area contributed by atoms with E-state index < -0.39 is 11.4 Å². The van der Waals surface area contributed by atoms with Gasteiger partial charge in [-0.05, 0) is 30.7 Å². The van der Waals surface area contributed by atoms with Gasteiger partial charge in [0, 0.05) is 5.56 Å². The maximum Gasteiger partial charge on any atom is 0.324 e. The van der Waals surface area contributed by atoms with E-state index in [1.165, 1.54) is 25.3 Å². The number of rotatable bonds is 3. The lowest BCUT2D eigenvalue weighted by molar-refractivity contribution is -0.172. The molecule has 0 bridgehead atoms. The van der Waals surface area contributed by atoms with Crippen molar-refractivity contribution in [3.8, 4) is 0 Å². The predicted octanol–water partition coefficient (Wildman–Crippen LogP) is 1.51. The van der Waals surface area contributed by atoms with Crippen LogP contribution in [0, 0.1) is 18.2 Å². The number of esters is 1. The molecule has 96 valence electrons. The molecule has 0 N–H and O–H groups in total. The van der Waals surface area contributed by atoms with Gasteiger partial charge < -0.3 is 9.47 Å². The van der Waals surface area contributed by atoms with Crippen LogP contribution >= 0.6 is 0 Å². The lowest BCUT2D eigenvalue weighted by Crippen LogP contribution is -2.55. The normalized spacial score (nSPS) is 16.8. The largest absolute Gasteiger partial charge is 0.468 e. The van der Waals surface area contributed by atoms with Gasteiger partial charge in [-0.25, -0.2) is 4.39 Å². The minimum Gasteiger partial charge on any atom is -0.468 e. The molecule has 0 amide bonds. The Balaban J connectivity index is 2.35. The lowest BCUT2D eigenvalue weighted by Gasteiger charge is -2.36. The van der Waals surface area contributed by atoms with Gasteiger partial charge in [-0.1, -0.05) is 0 Å². The second kappa shape index (κ2) is 4.49. The van der Waals surface area contributed by atoms with Crippen molar-refractivity contribution in [2.45, 2.75) is 6.92 Å². The maximum absolute atomic E-state index is 13.2. The van der Waals surface area contributed by atoms with Gasteiger partial charge in [-0.2, -0.15) is 0 Å². The summed E-state index contributed by atoms with van der Waals surface area (Å²) in [5.41, 5.74) is -0.609. The van der Waals surface area contributed by atoms with E-state index in [0.29, 0.717) is 11.1 Å². The van der Waals surface area contributed by atoms with Crippen LogP contribution in [0.15, 0.2) is 18.2 Å². The average molecular weight is 252 g/mol. The van der Waals surface area contributed by atoms with E-state index in [-0.39, 0.29) is 24.8 Å². The molecular weight excluding hydrogens is 239 g/mol. The number of benzene rings is 1. The summed E-state index contributed by atoms with van der Waals surface area (Å²) in [7, 11) is 1.23. The van der Waals surface area contributed by atoms with Crippen LogP contribution in [0.3, 0.4) is 0 Å². The Bertz CT molecular complexity index is 506. The monoisotopic (exact) mass is 252 g/mol. The van der Waals surface area contributed by atoms with E-state index in [1.54, 1.807) is 6.92 Å². The molecule has 0 saturated carbocycles. The van der Waals surface area contributed by atoms with Crippen LogP contribution in [-0.2, 0) is 14.3 Å². The van der Waals surface area contributed by atoms with E-state index >= 15 is 0 Å². The Labute approximate surface area is 104 Å².